The molecule has 29 heavy (non-hydrogen) atoms. The zero-order valence-corrected chi connectivity index (χ0v) is 16.7. The van der Waals surface area contributed by atoms with Crippen molar-refractivity contribution >= 4 is 29.0 Å². The Hall–Kier alpha value is -2.54. The van der Waals surface area contributed by atoms with Gasteiger partial charge in [-0.25, -0.2) is 4.39 Å². The number of fused-ring (bicyclic) bond motifs is 1. The fraction of sp³-hybridized carbons (Fsp3) is 0.227. The highest BCUT2D eigenvalue weighted by molar-refractivity contribution is 7.98. The van der Waals surface area contributed by atoms with E-state index < -0.39 is 11.7 Å². The van der Waals surface area contributed by atoms with Crippen LogP contribution in [0.4, 0.5) is 17.6 Å². The summed E-state index contributed by atoms with van der Waals surface area (Å²) >= 11 is 1.08. The Morgan fingerprint density at radius 1 is 1.03 bits per heavy atom. The van der Waals surface area contributed by atoms with Crippen molar-refractivity contribution < 1.29 is 27.5 Å². The van der Waals surface area contributed by atoms with Crippen molar-refractivity contribution in [2.24, 2.45) is 0 Å². The van der Waals surface area contributed by atoms with Gasteiger partial charge in [0.2, 0.25) is 0 Å². The van der Waals surface area contributed by atoms with Crippen molar-refractivity contribution in [1.82, 2.24) is 0 Å². The van der Waals surface area contributed by atoms with Gasteiger partial charge in [-0.05, 0) is 70.8 Å². The van der Waals surface area contributed by atoms with Crippen LogP contribution in [0, 0.1) is 5.82 Å². The van der Waals surface area contributed by atoms with Crippen LogP contribution in [0.1, 0.15) is 29.2 Å². The summed E-state index contributed by atoms with van der Waals surface area (Å²) in [5.41, 5.74) is 1.86. The molecule has 0 aliphatic rings. The van der Waals surface area contributed by atoms with Crippen molar-refractivity contribution in [3.8, 4) is 0 Å². The number of carbonyl (C=O) groups is 1. The van der Waals surface area contributed by atoms with Gasteiger partial charge < -0.3 is 5.11 Å². The second-order valence-corrected chi connectivity index (χ2v) is 7.14. The quantitative estimate of drug-likeness (QED) is 0.292. The fourth-order valence-corrected chi connectivity index (χ4v) is 3.73. The number of carboxylic acid groups (broad SMARTS) is 1. The molecular formula is C22H20F4O2S. The number of hydrogen-bond donors (Lipinski definition) is 1. The highest BCUT2D eigenvalue weighted by Crippen LogP contribution is 2.37. The average Bonchev–Trinajstić information content (AvgIpc) is 2.68. The average molecular weight is 424 g/mol. The summed E-state index contributed by atoms with van der Waals surface area (Å²) in [5, 5.41) is 8.53. The Kier molecular flexibility index (Phi) is 7.67. The highest BCUT2D eigenvalue weighted by atomic mass is 32.2. The first-order chi connectivity index (χ1) is 13.7. The van der Waals surface area contributed by atoms with Gasteiger partial charge in [0.05, 0.1) is 5.56 Å². The standard InChI is InChI=1S/C21H18F4S.CH2O2/c1-3-13-8-15-5-6-17(22)12-18(15)16(9-13)10-14-4-7-20(26-2)19(11-14)21(23,24)25;2-1-3/h4-9,11-12H,3,10H2,1-2H3;1H,(H,2,3). The summed E-state index contributed by atoms with van der Waals surface area (Å²) in [6.45, 7) is 1.77. The largest absolute Gasteiger partial charge is 0.483 e. The smallest absolute Gasteiger partial charge is 0.417 e. The lowest BCUT2D eigenvalue weighted by Crippen LogP contribution is -2.08. The molecule has 7 heteroatoms. The van der Waals surface area contributed by atoms with E-state index in [-0.39, 0.29) is 17.2 Å². The predicted molar refractivity (Wildman–Crippen MR) is 108 cm³/mol. The lowest BCUT2D eigenvalue weighted by Gasteiger charge is -2.14. The molecule has 0 spiro atoms. The van der Waals surface area contributed by atoms with Gasteiger partial charge in [0.1, 0.15) is 5.82 Å². The Bertz CT molecular complexity index is 1000. The van der Waals surface area contributed by atoms with Gasteiger partial charge in [-0.15, -0.1) is 11.8 Å². The van der Waals surface area contributed by atoms with E-state index in [2.05, 4.69) is 0 Å². The Labute approximate surface area is 170 Å². The first kappa shape index (κ1) is 22.7. The summed E-state index contributed by atoms with van der Waals surface area (Å²) in [4.78, 5) is 8.57. The van der Waals surface area contributed by atoms with Crippen LogP contribution >= 0.6 is 11.8 Å². The van der Waals surface area contributed by atoms with E-state index >= 15 is 0 Å². The first-order valence-electron chi connectivity index (χ1n) is 8.76. The van der Waals surface area contributed by atoms with E-state index in [9.17, 15) is 17.6 Å². The van der Waals surface area contributed by atoms with Crippen molar-refractivity contribution in [1.29, 1.82) is 0 Å². The molecule has 0 saturated heterocycles. The summed E-state index contributed by atoms with van der Waals surface area (Å²) in [6.07, 6.45) is -1.63. The molecule has 3 rings (SSSR count). The van der Waals surface area contributed by atoms with Gasteiger partial charge in [-0.2, -0.15) is 13.2 Å². The molecule has 0 fully saturated rings. The molecule has 0 aliphatic heterocycles. The second-order valence-electron chi connectivity index (χ2n) is 6.29. The number of rotatable bonds is 4. The zero-order valence-electron chi connectivity index (χ0n) is 15.9. The van der Waals surface area contributed by atoms with Gasteiger partial charge in [-0.1, -0.05) is 31.2 Å². The molecule has 0 saturated carbocycles. The molecule has 3 aromatic rings. The van der Waals surface area contributed by atoms with Gasteiger partial charge >= 0.3 is 6.18 Å². The fourth-order valence-electron chi connectivity index (χ4n) is 3.13. The van der Waals surface area contributed by atoms with Crippen LogP contribution < -0.4 is 0 Å². The zero-order chi connectivity index (χ0) is 21.6. The number of hydrogen-bond acceptors (Lipinski definition) is 2. The molecule has 0 bridgehead atoms. The highest BCUT2D eigenvalue weighted by Gasteiger charge is 2.33. The summed E-state index contributed by atoms with van der Waals surface area (Å²) in [6, 6.07) is 12.9. The van der Waals surface area contributed by atoms with Crippen LogP contribution in [-0.4, -0.2) is 17.8 Å². The summed E-state index contributed by atoms with van der Waals surface area (Å²) < 4.78 is 53.7. The molecule has 0 radical (unpaired) electrons. The van der Waals surface area contributed by atoms with Crippen LogP contribution in [-0.2, 0) is 23.8 Å². The van der Waals surface area contributed by atoms with Crippen LogP contribution in [0.15, 0.2) is 53.4 Å². The van der Waals surface area contributed by atoms with E-state index in [0.717, 1.165) is 40.1 Å². The van der Waals surface area contributed by atoms with Gasteiger partial charge in [0, 0.05) is 4.90 Å². The van der Waals surface area contributed by atoms with Crippen molar-refractivity contribution in [3.05, 3.63) is 76.6 Å². The van der Waals surface area contributed by atoms with E-state index in [1.807, 2.05) is 19.1 Å². The molecule has 0 heterocycles. The van der Waals surface area contributed by atoms with E-state index in [1.165, 1.54) is 24.3 Å². The third kappa shape index (κ3) is 5.73. The molecule has 154 valence electrons. The third-order valence-corrected chi connectivity index (χ3v) is 5.23. The van der Waals surface area contributed by atoms with Crippen molar-refractivity contribution in [2.45, 2.75) is 30.8 Å². The van der Waals surface area contributed by atoms with Gasteiger partial charge in [0.15, 0.2) is 0 Å². The summed E-state index contributed by atoms with van der Waals surface area (Å²) in [7, 11) is 0. The number of aryl methyl sites for hydroxylation is 1. The molecular weight excluding hydrogens is 404 g/mol. The molecule has 0 amide bonds. The van der Waals surface area contributed by atoms with E-state index in [0.29, 0.717) is 12.0 Å². The maximum Gasteiger partial charge on any atom is 0.417 e. The molecule has 0 atom stereocenters. The first-order valence-corrected chi connectivity index (χ1v) is 9.99. The molecule has 0 unspecified atom stereocenters. The minimum Gasteiger partial charge on any atom is -0.483 e. The van der Waals surface area contributed by atoms with Crippen LogP contribution in [0.2, 0.25) is 0 Å². The van der Waals surface area contributed by atoms with Crippen molar-refractivity contribution in [3.63, 3.8) is 0 Å². The predicted octanol–water partition coefficient (Wildman–Crippen LogP) is 6.57. The maximum absolute atomic E-state index is 13.7. The van der Waals surface area contributed by atoms with Gasteiger partial charge in [0.25, 0.3) is 6.47 Å². The number of thioether (sulfide) groups is 1. The third-order valence-electron chi connectivity index (χ3n) is 4.43. The van der Waals surface area contributed by atoms with Crippen LogP contribution in [0.3, 0.4) is 0 Å². The van der Waals surface area contributed by atoms with E-state index in [4.69, 9.17) is 9.90 Å². The minimum atomic E-state index is -4.40. The molecule has 2 nitrogen and oxygen atoms in total. The maximum atomic E-state index is 13.7. The Morgan fingerprint density at radius 2 is 1.72 bits per heavy atom. The molecule has 3 aromatic carbocycles. The lowest BCUT2D eigenvalue weighted by atomic mass is 9.94. The number of alkyl halides is 3. The summed E-state index contributed by atoms with van der Waals surface area (Å²) in [5.74, 6) is -0.350. The second kappa shape index (κ2) is 9.78. The van der Waals surface area contributed by atoms with E-state index in [1.54, 1.807) is 18.4 Å². The van der Waals surface area contributed by atoms with Crippen molar-refractivity contribution in [2.75, 3.05) is 6.26 Å². The minimum absolute atomic E-state index is 0.208. The molecule has 1 N–H and O–H groups in total. The number of benzene rings is 3. The Morgan fingerprint density at radius 3 is 2.31 bits per heavy atom. The molecule has 0 aliphatic carbocycles. The Balaban J connectivity index is 0.000000941. The van der Waals surface area contributed by atoms with Gasteiger partial charge in [-0.3, -0.25) is 4.79 Å². The SMILES string of the molecule is CCc1cc(Cc2ccc(SC)c(C(F)(F)F)c2)c2cc(F)ccc2c1.O=CO. The lowest BCUT2D eigenvalue weighted by molar-refractivity contribution is -0.139. The normalized spacial score (nSPS) is 11.1. The topological polar surface area (TPSA) is 37.3 Å². The monoisotopic (exact) mass is 424 g/mol. The van der Waals surface area contributed by atoms with Crippen LogP contribution in [0.5, 0.6) is 0 Å². The molecule has 0 aromatic heterocycles. The van der Waals surface area contributed by atoms with Crippen LogP contribution in [0.25, 0.3) is 10.8 Å². The number of halogens is 4.